The van der Waals surface area contributed by atoms with Crippen molar-refractivity contribution in [2.45, 2.75) is 77.0 Å². The first-order valence-corrected chi connectivity index (χ1v) is 13.0. The van der Waals surface area contributed by atoms with Crippen molar-refractivity contribution in [1.29, 1.82) is 0 Å². The first-order valence-electron chi connectivity index (χ1n) is 13.0. The van der Waals surface area contributed by atoms with Gasteiger partial charge in [-0.15, -0.1) is 0 Å². The number of carbonyl (C=O) groups excluding carboxylic acids is 1. The van der Waals surface area contributed by atoms with Gasteiger partial charge in [0.15, 0.2) is 11.6 Å². The van der Waals surface area contributed by atoms with E-state index in [0.29, 0.717) is 19.1 Å². The van der Waals surface area contributed by atoms with Crippen molar-refractivity contribution < 1.29 is 13.9 Å². The lowest BCUT2D eigenvalue weighted by Crippen LogP contribution is -2.22. The number of hydrogen-bond donors (Lipinski definition) is 1. The highest BCUT2D eigenvalue weighted by Crippen LogP contribution is 2.38. The largest absolute Gasteiger partial charge is 0.491 e. The molecule has 4 heteroatoms. The van der Waals surface area contributed by atoms with Crippen molar-refractivity contribution in [3.8, 4) is 16.9 Å². The molecule has 0 saturated heterocycles. The van der Waals surface area contributed by atoms with E-state index in [2.05, 4.69) is 43.1 Å². The predicted molar refractivity (Wildman–Crippen MR) is 139 cm³/mol. The van der Waals surface area contributed by atoms with E-state index in [4.69, 9.17) is 4.74 Å². The summed E-state index contributed by atoms with van der Waals surface area (Å²) in [5.41, 5.74) is 3.31. The van der Waals surface area contributed by atoms with Gasteiger partial charge in [0.05, 0.1) is 6.61 Å². The molecule has 0 aromatic heterocycles. The van der Waals surface area contributed by atoms with E-state index in [1.807, 2.05) is 6.07 Å². The molecule has 2 aromatic carbocycles. The summed E-state index contributed by atoms with van der Waals surface area (Å²) in [6.45, 7) is 6.66. The highest BCUT2D eigenvalue weighted by atomic mass is 19.1. The zero-order chi connectivity index (χ0) is 24.2. The van der Waals surface area contributed by atoms with Gasteiger partial charge in [-0.3, -0.25) is 4.79 Å². The van der Waals surface area contributed by atoms with Gasteiger partial charge in [0, 0.05) is 6.54 Å². The summed E-state index contributed by atoms with van der Waals surface area (Å²) < 4.78 is 20.2. The Hall–Kier alpha value is -2.62. The van der Waals surface area contributed by atoms with E-state index in [-0.39, 0.29) is 17.5 Å². The minimum atomic E-state index is -0.345. The summed E-state index contributed by atoms with van der Waals surface area (Å²) >= 11 is 0. The Bertz CT molecular complexity index is 901. The molecule has 2 aromatic rings. The standard InChI is InChI=1S/C30H40FNO2/c1-3-5-6-9-23-10-12-24(13-11-23)25-14-16-26(17-15-25)27-18-19-29(28(31)22-27)34-21-8-7-20-32-30(33)4-2/h4,14-19,22-24H,2-3,5-13,20-21H2,1H3,(H,32,33). The molecule has 0 unspecified atom stereocenters. The molecule has 1 saturated carbocycles. The summed E-state index contributed by atoms with van der Waals surface area (Å²) in [7, 11) is 0. The maximum Gasteiger partial charge on any atom is 0.243 e. The van der Waals surface area contributed by atoms with E-state index < -0.39 is 0 Å². The summed E-state index contributed by atoms with van der Waals surface area (Å²) in [6.07, 6.45) is 13.5. The SMILES string of the molecule is C=CC(=O)NCCCCOc1ccc(-c2ccc(C3CCC(CCCCC)CC3)cc2)cc1F. The lowest BCUT2D eigenvalue weighted by atomic mass is 9.77. The van der Waals surface area contributed by atoms with Crippen LogP contribution in [-0.2, 0) is 4.79 Å². The predicted octanol–water partition coefficient (Wildman–Crippen LogP) is 7.81. The van der Waals surface area contributed by atoms with Crippen LogP contribution in [0, 0.1) is 11.7 Å². The fourth-order valence-electron chi connectivity index (χ4n) is 4.91. The van der Waals surface area contributed by atoms with E-state index in [1.165, 1.54) is 63.0 Å². The van der Waals surface area contributed by atoms with Gasteiger partial charge in [0.2, 0.25) is 5.91 Å². The number of benzene rings is 2. The summed E-state index contributed by atoms with van der Waals surface area (Å²) in [6, 6.07) is 13.9. The van der Waals surface area contributed by atoms with Gasteiger partial charge >= 0.3 is 0 Å². The molecule has 1 aliphatic rings. The fraction of sp³-hybridized carbons (Fsp3) is 0.500. The second-order valence-corrected chi connectivity index (χ2v) is 9.53. The Morgan fingerprint density at radius 3 is 2.44 bits per heavy atom. The highest BCUT2D eigenvalue weighted by Gasteiger charge is 2.22. The van der Waals surface area contributed by atoms with Gasteiger partial charge < -0.3 is 10.1 Å². The number of carbonyl (C=O) groups is 1. The first-order chi connectivity index (χ1) is 16.6. The topological polar surface area (TPSA) is 38.3 Å². The van der Waals surface area contributed by atoms with Gasteiger partial charge in [-0.1, -0.05) is 69.5 Å². The van der Waals surface area contributed by atoms with Crippen LogP contribution in [0.5, 0.6) is 5.75 Å². The molecule has 1 amide bonds. The van der Waals surface area contributed by atoms with Gasteiger partial charge in [-0.25, -0.2) is 4.39 Å². The molecule has 1 N–H and O–H groups in total. The molecule has 0 spiro atoms. The van der Waals surface area contributed by atoms with E-state index in [1.54, 1.807) is 12.1 Å². The van der Waals surface area contributed by atoms with E-state index in [0.717, 1.165) is 29.9 Å². The zero-order valence-electron chi connectivity index (χ0n) is 20.7. The van der Waals surface area contributed by atoms with Gasteiger partial charge in [-0.2, -0.15) is 0 Å². The average Bonchev–Trinajstić information content (AvgIpc) is 2.87. The van der Waals surface area contributed by atoms with Crippen LogP contribution in [0.25, 0.3) is 11.1 Å². The van der Waals surface area contributed by atoms with E-state index in [9.17, 15) is 9.18 Å². The molecule has 3 rings (SSSR count). The van der Waals surface area contributed by atoms with Gasteiger partial charge in [0.1, 0.15) is 0 Å². The van der Waals surface area contributed by atoms with Crippen molar-refractivity contribution in [2.75, 3.05) is 13.2 Å². The third-order valence-corrected chi connectivity index (χ3v) is 7.02. The Morgan fingerprint density at radius 2 is 1.76 bits per heavy atom. The highest BCUT2D eigenvalue weighted by molar-refractivity contribution is 5.86. The molecule has 3 nitrogen and oxygen atoms in total. The molecule has 0 heterocycles. The molecule has 1 aliphatic carbocycles. The molecule has 0 aliphatic heterocycles. The number of ether oxygens (including phenoxy) is 1. The molecule has 0 radical (unpaired) electrons. The lowest BCUT2D eigenvalue weighted by Gasteiger charge is -2.29. The average molecular weight is 466 g/mol. The Labute approximate surface area is 204 Å². The van der Waals surface area contributed by atoms with Crippen LogP contribution in [0.15, 0.2) is 55.1 Å². The van der Waals surface area contributed by atoms with Crippen molar-refractivity contribution in [2.24, 2.45) is 5.92 Å². The minimum Gasteiger partial charge on any atom is -0.491 e. The number of rotatable bonds is 13. The monoisotopic (exact) mass is 465 g/mol. The Balaban J connectivity index is 1.46. The number of nitrogens with one attached hydrogen (secondary N) is 1. The lowest BCUT2D eigenvalue weighted by molar-refractivity contribution is -0.116. The summed E-state index contributed by atoms with van der Waals surface area (Å²) in [4.78, 5) is 11.1. The Morgan fingerprint density at radius 1 is 1.03 bits per heavy atom. The first kappa shape index (κ1) is 26.0. The summed E-state index contributed by atoms with van der Waals surface area (Å²) in [5.74, 6) is 1.33. The van der Waals surface area contributed by atoms with Crippen molar-refractivity contribution >= 4 is 5.91 Å². The van der Waals surface area contributed by atoms with Crippen LogP contribution in [0.2, 0.25) is 0 Å². The zero-order valence-corrected chi connectivity index (χ0v) is 20.7. The smallest absolute Gasteiger partial charge is 0.243 e. The van der Waals surface area contributed by atoms with Gasteiger partial charge in [0.25, 0.3) is 0 Å². The molecular formula is C30H40FNO2. The van der Waals surface area contributed by atoms with E-state index >= 15 is 0 Å². The number of unbranched alkanes of at least 4 members (excludes halogenated alkanes) is 3. The maximum absolute atomic E-state index is 14.6. The second-order valence-electron chi connectivity index (χ2n) is 9.53. The van der Waals surface area contributed by atoms with Crippen molar-refractivity contribution in [1.82, 2.24) is 5.32 Å². The number of halogens is 1. The molecular weight excluding hydrogens is 425 g/mol. The third kappa shape index (κ3) is 8.00. The van der Waals surface area contributed by atoms with Crippen LogP contribution in [0.3, 0.4) is 0 Å². The Kier molecular flexibility index (Phi) is 10.7. The summed E-state index contributed by atoms with van der Waals surface area (Å²) in [5, 5.41) is 2.72. The van der Waals surface area contributed by atoms with Crippen LogP contribution >= 0.6 is 0 Å². The molecule has 184 valence electrons. The maximum atomic E-state index is 14.6. The van der Waals surface area contributed by atoms with Crippen LogP contribution in [-0.4, -0.2) is 19.1 Å². The van der Waals surface area contributed by atoms with Crippen molar-refractivity contribution in [3.63, 3.8) is 0 Å². The fourth-order valence-corrected chi connectivity index (χ4v) is 4.91. The van der Waals surface area contributed by atoms with Crippen LogP contribution in [0.1, 0.15) is 82.6 Å². The molecule has 1 fully saturated rings. The van der Waals surface area contributed by atoms with Crippen LogP contribution in [0.4, 0.5) is 4.39 Å². The minimum absolute atomic E-state index is 0.180. The number of hydrogen-bond acceptors (Lipinski definition) is 2. The number of amides is 1. The normalized spacial score (nSPS) is 17.8. The van der Waals surface area contributed by atoms with Crippen molar-refractivity contribution in [3.05, 3.63) is 66.5 Å². The molecule has 34 heavy (non-hydrogen) atoms. The quantitative estimate of drug-likeness (QED) is 0.242. The molecule has 0 bridgehead atoms. The van der Waals surface area contributed by atoms with Gasteiger partial charge in [-0.05, 0) is 85.3 Å². The third-order valence-electron chi connectivity index (χ3n) is 7.02. The second kappa shape index (κ2) is 13.9. The van der Waals surface area contributed by atoms with Crippen LogP contribution < -0.4 is 10.1 Å². The molecule has 0 atom stereocenters.